The van der Waals surface area contributed by atoms with Crippen LogP contribution in [0, 0.1) is 0 Å². The number of aliphatic hydroxyl groups excluding tert-OH is 1. The lowest BCUT2D eigenvalue weighted by atomic mass is 10.0. The van der Waals surface area contributed by atoms with Crippen LogP contribution in [-0.4, -0.2) is 66.1 Å². The zero-order valence-electron chi connectivity index (χ0n) is 12.2. The zero-order chi connectivity index (χ0) is 14.8. The maximum absolute atomic E-state index is 11.4. The Morgan fingerprint density at radius 2 is 2.20 bits per heavy atom. The van der Waals surface area contributed by atoms with Crippen molar-refractivity contribution in [1.29, 1.82) is 0 Å². The van der Waals surface area contributed by atoms with Gasteiger partial charge in [0, 0.05) is 19.6 Å². The molecule has 0 radical (unpaired) electrons. The van der Waals surface area contributed by atoms with Crippen molar-refractivity contribution in [3.63, 3.8) is 0 Å². The number of carbonyl (C=O) groups is 1. The van der Waals surface area contributed by atoms with E-state index in [1.165, 1.54) is 0 Å². The van der Waals surface area contributed by atoms with Gasteiger partial charge >= 0.3 is 0 Å². The molecule has 7 nitrogen and oxygen atoms in total. The minimum absolute atomic E-state index is 0.0175. The normalized spacial score (nSPS) is 34.1. The molecule has 2 heterocycles. The molecule has 2 saturated heterocycles. The zero-order valence-corrected chi connectivity index (χ0v) is 12.2. The lowest BCUT2D eigenvalue weighted by Crippen LogP contribution is -2.55. The second kappa shape index (κ2) is 6.36. The number of carbonyl (C=O) groups excluding carboxylic acids is 1. The van der Waals surface area contributed by atoms with Crippen molar-refractivity contribution in [2.45, 2.75) is 50.6 Å². The summed E-state index contributed by atoms with van der Waals surface area (Å²) in [7, 11) is 0. The van der Waals surface area contributed by atoms with Gasteiger partial charge in [0.05, 0.1) is 24.4 Å². The number of morpholine rings is 1. The predicted molar refractivity (Wildman–Crippen MR) is 72.7 cm³/mol. The van der Waals surface area contributed by atoms with Crippen LogP contribution in [0.4, 0.5) is 0 Å². The third kappa shape index (κ3) is 3.89. The minimum atomic E-state index is -0.437. The highest BCUT2D eigenvalue weighted by Crippen LogP contribution is 2.25. The Bertz CT molecular complexity index is 351. The molecular formula is C13H25N3O4. The number of hydrogen-bond acceptors (Lipinski definition) is 6. The Labute approximate surface area is 119 Å². The molecule has 20 heavy (non-hydrogen) atoms. The molecule has 3 atom stereocenters. The number of nitrogens with two attached hydrogens (primary N) is 1. The number of hydrazine groups is 1. The van der Waals surface area contributed by atoms with Gasteiger partial charge in [-0.05, 0) is 26.7 Å². The van der Waals surface area contributed by atoms with Crippen LogP contribution in [0.2, 0.25) is 0 Å². The van der Waals surface area contributed by atoms with Gasteiger partial charge in [-0.3, -0.25) is 15.1 Å². The molecule has 1 amide bonds. The largest absolute Gasteiger partial charge is 0.394 e. The van der Waals surface area contributed by atoms with Crippen molar-refractivity contribution in [3.8, 4) is 0 Å². The van der Waals surface area contributed by atoms with E-state index >= 15 is 0 Å². The topological polar surface area (TPSA) is 97.1 Å². The summed E-state index contributed by atoms with van der Waals surface area (Å²) in [4.78, 5) is 13.7. The smallest absolute Gasteiger partial charge is 0.263 e. The average Bonchev–Trinajstić information content (AvgIpc) is 2.84. The fourth-order valence-corrected chi connectivity index (χ4v) is 3.06. The molecule has 116 valence electrons. The quantitative estimate of drug-likeness (QED) is 0.348. The first-order valence-corrected chi connectivity index (χ1v) is 7.10. The van der Waals surface area contributed by atoms with Gasteiger partial charge in [-0.1, -0.05) is 0 Å². The number of ether oxygens (including phenoxy) is 2. The summed E-state index contributed by atoms with van der Waals surface area (Å²) < 4.78 is 11.5. The molecule has 3 unspecified atom stereocenters. The molecule has 4 N–H and O–H groups in total. The van der Waals surface area contributed by atoms with Crippen molar-refractivity contribution in [2.75, 3.05) is 26.2 Å². The third-order valence-corrected chi connectivity index (χ3v) is 3.76. The number of hydrogen-bond donors (Lipinski definition) is 3. The molecule has 2 fully saturated rings. The number of rotatable bonds is 4. The fourth-order valence-electron chi connectivity index (χ4n) is 3.06. The Balaban J connectivity index is 1.86. The van der Waals surface area contributed by atoms with Crippen LogP contribution in [0.5, 0.6) is 0 Å². The maximum Gasteiger partial charge on any atom is 0.263 e. The van der Waals surface area contributed by atoms with Gasteiger partial charge in [0.1, 0.15) is 6.10 Å². The lowest BCUT2D eigenvalue weighted by molar-refractivity contribution is -0.155. The fraction of sp³-hybridized carbons (Fsp3) is 0.923. The van der Waals surface area contributed by atoms with Gasteiger partial charge in [0.25, 0.3) is 5.91 Å². The van der Waals surface area contributed by atoms with Gasteiger partial charge in [-0.15, -0.1) is 0 Å². The molecule has 0 saturated carbocycles. The second-order valence-electron chi connectivity index (χ2n) is 6.21. The Morgan fingerprint density at radius 1 is 1.45 bits per heavy atom. The highest BCUT2D eigenvalue weighted by molar-refractivity contribution is 5.80. The SMILES string of the molecule is CC1(C)CN(CC2CCC(C(=O)NN)O2)CC(CO)O1. The van der Waals surface area contributed by atoms with E-state index in [2.05, 4.69) is 10.3 Å². The van der Waals surface area contributed by atoms with E-state index in [9.17, 15) is 9.90 Å². The Morgan fingerprint density at radius 3 is 2.85 bits per heavy atom. The van der Waals surface area contributed by atoms with Crippen molar-refractivity contribution >= 4 is 5.91 Å². The van der Waals surface area contributed by atoms with Crippen molar-refractivity contribution in [2.24, 2.45) is 5.84 Å². The van der Waals surface area contributed by atoms with Gasteiger partial charge < -0.3 is 14.6 Å². The first-order valence-electron chi connectivity index (χ1n) is 7.10. The van der Waals surface area contributed by atoms with Gasteiger partial charge in [-0.25, -0.2) is 5.84 Å². The highest BCUT2D eigenvalue weighted by atomic mass is 16.5. The van der Waals surface area contributed by atoms with Crippen LogP contribution in [0.25, 0.3) is 0 Å². The van der Waals surface area contributed by atoms with E-state index in [1.54, 1.807) is 0 Å². The summed E-state index contributed by atoms with van der Waals surface area (Å²) >= 11 is 0. The van der Waals surface area contributed by atoms with Crippen LogP contribution >= 0.6 is 0 Å². The van der Waals surface area contributed by atoms with Gasteiger partial charge in [-0.2, -0.15) is 0 Å². The van der Waals surface area contributed by atoms with Crippen LogP contribution in [0.1, 0.15) is 26.7 Å². The molecule has 0 bridgehead atoms. The second-order valence-corrected chi connectivity index (χ2v) is 6.21. The number of aliphatic hydroxyl groups is 1. The molecule has 2 aliphatic heterocycles. The summed E-state index contributed by atoms with van der Waals surface area (Å²) in [6.07, 6.45) is 0.978. The number of nitrogens with one attached hydrogen (secondary N) is 1. The molecule has 7 heteroatoms. The first-order chi connectivity index (χ1) is 9.43. The van der Waals surface area contributed by atoms with E-state index in [-0.39, 0.29) is 30.3 Å². The summed E-state index contributed by atoms with van der Waals surface area (Å²) in [5.41, 5.74) is 1.85. The highest BCUT2D eigenvalue weighted by Gasteiger charge is 2.36. The van der Waals surface area contributed by atoms with E-state index < -0.39 is 6.10 Å². The summed E-state index contributed by atoms with van der Waals surface area (Å²) in [6.45, 7) is 6.27. The summed E-state index contributed by atoms with van der Waals surface area (Å²) in [5.74, 6) is 4.86. The molecule has 2 aliphatic rings. The number of nitrogens with zero attached hydrogens (tertiary/aromatic N) is 1. The van der Waals surface area contributed by atoms with E-state index in [1.807, 2.05) is 13.8 Å². The van der Waals surface area contributed by atoms with Crippen molar-refractivity contribution < 1.29 is 19.4 Å². The van der Waals surface area contributed by atoms with E-state index in [0.717, 1.165) is 19.5 Å². The monoisotopic (exact) mass is 287 g/mol. The molecule has 0 aliphatic carbocycles. The van der Waals surface area contributed by atoms with Crippen molar-refractivity contribution in [3.05, 3.63) is 0 Å². The summed E-state index contributed by atoms with van der Waals surface area (Å²) in [5, 5.41) is 9.30. The van der Waals surface area contributed by atoms with Gasteiger partial charge in [0.15, 0.2) is 0 Å². The molecule has 0 spiro atoms. The predicted octanol–water partition coefficient (Wildman–Crippen LogP) is -1.00. The molecule has 2 rings (SSSR count). The third-order valence-electron chi connectivity index (χ3n) is 3.76. The molecule has 0 aromatic heterocycles. The first kappa shape index (κ1) is 15.7. The van der Waals surface area contributed by atoms with Crippen LogP contribution in [0.3, 0.4) is 0 Å². The molecular weight excluding hydrogens is 262 g/mol. The van der Waals surface area contributed by atoms with Crippen LogP contribution < -0.4 is 11.3 Å². The Kier molecular flexibility index (Phi) is 4.98. The van der Waals surface area contributed by atoms with Gasteiger partial charge in [0.2, 0.25) is 0 Å². The number of amides is 1. The van der Waals surface area contributed by atoms with Crippen molar-refractivity contribution in [1.82, 2.24) is 10.3 Å². The van der Waals surface area contributed by atoms with E-state index in [0.29, 0.717) is 13.0 Å². The Hall–Kier alpha value is -0.730. The standard InChI is InChI=1S/C13H25N3O4/c1-13(2)8-16(6-10(7-17)20-13)5-9-3-4-11(19-9)12(18)15-14/h9-11,17H,3-8,14H2,1-2H3,(H,15,18). The molecule has 0 aromatic rings. The van der Waals surface area contributed by atoms with Crippen LogP contribution in [-0.2, 0) is 14.3 Å². The average molecular weight is 287 g/mol. The van der Waals surface area contributed by atoms with Crippen LogP contribution in [0.15, 0.2) is 0 Å². The lowest BCUT2D eigenvalue weighted by Gasteiger charge is -2.43. The molecule has 0 aromatic carbocycles. The summed E-state index contributed by atoms with van der Waals surface area (Å²) in [6, 6.07) is 0. The maximum atomic E-state index is 11.4. The van der Waals surface area contributed by atoms with E-state index in [4.69, 9.17) is 15.3 Å². The minimum Gasteiger partial charge on any atom is -0.394 e.